The number of carbonyl (C=O) groups excluding carboxylic acids is 1. The summed E-state index contributed by atoms with van der Waals surface area (Å²) in [4.78, 5) is 12.2. The summed E-state index contributed by atoms with van der Waals surface area (Å²) in [6.07, 6.45) is 0. The fraction of sp³-hybridized carbons (Fsp3) is 0.188. The summed E-state index contributed by atoms with van der Waals surface area (Å²) in [7, 11) is 1.58. The average Bonchev–Trinajstić information content (AvgIpc) is 2.50. The first kappa shape index (κ1) is 16.5. The summed E-state index contributed by atoms with van der Waals surface area (Å²) < 4.78 is 5.25. The summed E-state index contributed by atoms with van der Waals surface area (Å²) >= 11 is 11.9. The van der Waals surface area contributed by atoms with Crippen molar-refractivity contribution in [1.82, 2.24) is 0 Å². The van der Waals surface area contributed by atoms with Gasteiger partial charge in [0, 0.05) is 5.02 Å². The minimum absolute atomic E-state index is 0.213. The molecule has 2 N–H and O–H groups in total. The van der Waals surface area contributed by atoms with Crippen LogP contribution in [0.3, 0.4) is 0 Å². The van der Waals surface area contributed by atoms with E-state index in [1.807, 2.05) is 24.3 Å². The Kier molecular flexibility index (Phi) is 5.52. The van der Waals surface area contributed by atoms with Gasteiger partial charge in [-0.05, 0) is 37.3 Å². The van der Waals surface area contributed by atoms with E-state index in [4.69, 9.17) is 27.9 Å². The van der Waals surface area contributed by atoms with Crippen molar-refractivity contribution in [2.24, 2.45) is 0 Å². The molecule has 0 aliphatic carbocycles. The van der Waals surface area contributed by atoms with Crippen LogP contribution >= 0.6 is 23.2 Å². The Bertz CT molecular complexity index is 677. The monoisotopic (exact) mass is 338 g/mol. The van der Waals surface area contributed by atoms with E-state index in [0.29, 0.717) is 21.5 Å². The average molecular weight is 339 g/mol. The molecule has 0 unspecified atom stereocenters. The summed E-state index contributed by atoms with van der Waals surface area (Å²) in [6.45, 7) is 1.76. The number of methoxy groups -OCH3 is 1. The zero-order valence-electron chi connectivity index (χ0n) is 12.2. The first-order chi connectivity index (χ1) is 10.5. The number of para-hydroxylation sites is 2. The Morgan fingerprint density at radius 1 is 1.14 bits per heavy atom. The van der Waals surface area contributed by atoms with Gasteiger partial charge < -0.3 is 15.4 Å². The van der Waals surface area contributed by atoms with Crippen LogP contribution in [0.25, 0.3) is 0 Å². The second-order valence-electron chi connectivity index (χ2n) is 4.68. The second kappa shape index (κ2) is 7.38. The van der Waals surface area contributed by atoms with Crippen LogP contribution in [0.5, 0.6) is 5.75 Å². The van der Waals surface area contributed by atoms with Crippen molar-refractivity contribution < 1.29 is 9.53 Å². The van der Waals surface area contributed by atoms with Gasteiger partial charge in [0.25, 0.3) is 0 Å². The third-order valence-corrected chi connectivity index (χ3v) is 3.61. The molecule has 0 aromatic heterocycles. The van der Waals surface area contributed by atoms with Crippen LogP contribution < -0.4 is 15.4 Å². The maximum absolute atomic E-state index is 12.2. The van der Waals surface area contributed by atoms with Gasteiger partial charge in [-0.1, -0.05) is 35.3 Å². The summed E-state index contributed by atoms with van der Waals surface area (Å²) in [5.41, 5.74) is 1.26. The molecular weight excluding hydrogens is 323 g/mol. The summed E-state index contributed by atoms with van der Waals surface area (Å²) in [6, 6.07) is 11.8. The standard InChI is InChI=1S/C16H16Cl2N2O2/c1-10(19-14-5-3-4-6-15(14)22-2)16(21)20-13-8-7-11(17)9-12(13)18/h3-10,19H,1-2H3,(H,20,21)/t10-/m0/s1. The SMILES string of the molecule is COc1ccccc1N[C@@H](C)C(=O)Nc1ccc(Cl)cc1Cl. The van der Waals surface area contributed by atoms with Crippen molar-refractivity contribution in [2.75, 3.05) is 17.7 Å². The number of rotatable bonds is 5. The number of amides is 1. The van der Waals surface area contributed by atoms with E-state index >= 15 is 0 Å². The molecule has 22 heavy (non-hydrogen) atoms. The van der Waals surface area contributed by atoms with Gasteiger partial charge in [-0.2, -0.15) is 0 Å². The lowest BCUT2D eigenvalue weighted by Gasteiger charge is -2.17. The molecule has 1 atom stereocenters. The molecule has 0 bridgehead atoms. The molecule has 0 spiro atoms. The van der Waals surface area contributed by atoms with Crippen LogP contribution in [0.4, 0.5) is 11.4 Å². The zero-order chi connectivity index (χ0) is 16.1. The van der Waals surface area contributed by atoms with Gasteiger partial charge in [-0.15, -0.1) is 0 Å². The van der Waals surface area contributed by atoms with Crippen LogP contribution in [0, 0.1) is 0 Å². The molecule has 0 heterocycles. The highest BCUT2D eigenvalue weighted by Gasteiger charge is 2.15. The van der Waals surface area contributed by atoms with Crippen LogP contribution in [-0.2, 0) is 4.79 Å². The lowest BCUT2D eigenvalue weighted by Crippen LogP contribution is -2.32. The smallest absolute Gasteiger partial charge is 0.246 e. The highest BCUT2D eigenvalue weighted by atomic mass is 35.5. The first-order valence-electron chi connectivity index (χ1n) is 6.66. The predicted octanol–water partition coefficient (Wildman–Crippen LogP) is 4.44. The quantitative estimate of drug-likeness (QED) is 0.847. The number of nitrogens with one attached hydrogen (secondary N) is 2. The molecule has 0 saturated carbocycles. The fourth-order valence-electron chi connectivity index (χ4n) is 1.89. The third kappa shape index (κ3) is 4.06. The van der Waals surface area contributed by atoms with E-state index in [1.165, 1.54) is 0 Å². The Balaban J connectivity index is 2.06. The van der Waals surface area contributed by atoms with E-state index in [-0.39, 0.29) is 5.91 Å². The Morgan fingerprint density at radius 2 is 1.86 bits per heavy atom. The van der Waals surface area contributed by atoms with Gasteiger partial charge in [-0.3, -0.25) is 4.79 Å². The Hall–Kier alpha value is -1.91. The molecule has 6 heteroatoms. The lowest BCUT2D eigenvalue weighted by molar-refractivity contribution is -0.116. The number of hydrogen-bond donors (Lipinski definition) is 2. The predicted molar refractivity (Wildman–Crippen MR) is 91.2 cm³/mol. The van der Waals surface area contributed by atoms with Gasteiger partial charge in [0.2, 0.25) is 5.91 Å². The Labute approximate surface area is 139 Å². The molecule has 0 fully saturated rings. The van der Waals surface area contributed by atoms with Gasteiger partial charge in [0.1, 0.15) is 11.8 Å². The maximum atomic E-state index is 12.2. The minimum Gasteiger partial charge on any atom is -0.495 e. The topological polar surface area (TPSA) is 50.4 Å². The number of ether oxygens (including phenoxy) is 1. The van der Waals surface area contributed by atoms with Crippen molar-refractivity contribution in [3.05, 3.63) is 52.5 Å². The molecule has 116 valence electrons. The highest BCUT2D eigenvalue weighted by Crippen LogP contribution is 2.26. The van der Waals surface area contributed by atoms with E-state index in [0.717, 1.165) is 5.69 Å². The van der Waals surface area contributed by atoms with E-state index in [1.54, 1.807) is 32.2 Å². The third-order valence-electron chi connectivity index (χ3n) is 3.06. The zero-order valence-corrected chi connectivity index (χ0v) is 13.7. The van der Waals surface area contributed by atoms with Gasteiger partial charge in [0.15, 0.2) is 0 Å². The largest absolute Gasteiger partial charge is 0.495 e. The maximum Gasteiger partial charge on any atom is 0.246 e. The van der Waals surface area contributed by atoms with Crippen molar-refractivity contribution in [3.63, 3.8) is 0 Å². The molecule has 2 aromatic rings. The molecule has 0 radical (unpaired) electrons. The molecule has 2 rings (SSSR count). The second-order valence-corrected chi connectivity index (χ2v) is 5.52. The fourth-order valence-corrected chi connectivity index (χ4v) is 2.35. The lowest BCUT2D eigenvalue weighted by atomic mass is 10.2. The first-order valence-corrected chi connectivity index (χ1v) is 7.42. The van der Waals surface area contributed by atoms with Crippen molar-refractivity contribution >= 4 is 40.5 Å². The molecule has 2 aromatic carbocycles. The van der Waals surface area contributed by atoms with Crippen molar-refractivity contribution in [2.45, 2.75) is 13.0 Å². The highest BCUT2D eigenvalue weighted by molar-refractivity contribution is 6.36. The van der Waals surface area contributed by atoms with E-state index in [9.17, 15) is 4.79 Å². The van der Waals surface area contributed by atoms with E-state index in [2.05, 4.69) is 10.6 Å². The van der Waals surface area contributed by atoms with E-state index < -0.39 is 6.04 Å². The minimum atomic E-state index is -0.469. The van der Waals surface area contributed by atoms with Crippen LogP contribution in [0.15, 0.2) is 42.5 Å². The molecule has 0 aliphatic rings. The number of anilines is 2. The van der Waals surface area contributed by atoms with Crippen LogP contribution in [0.2, 0.25) is 10.0 Å². The van der Waals surface area contributed by atoms with Crippen LogP contribution in [-0.4, -0.2) is 19.1 Å². The van der Waals surface area contributed by atoms with Gasteiger partial charge in [0.05, 0.1) is 23.5 Å². The van der Waals surface area contributed by atoms with Gasteiger partial charge in [-0.25, -0.2) is 0 Å². The number of benzene rings is 2. The molecule has 4 nitrogen and oxygen atoms in total. The summed E-state index contributed by atoms with van der Waals surface area (Å²) in [5.74, 6) is 0.460. The van der Waals surface area contributed by atoms with Crippen molar-refractivity contribution in [3.8, 4) is 5.75 Å². The number of halogens is 2. The number of carbonyl (C=O) groups is 1. The van der Waals surface area contributed by atoms with Crippen molar-refractivity contribution in [1.29, 1.82) is 0 Å². The van der Waals surface area contributed by atoms with Crippen LogP contribution in [0.1, 0.15) is 6.92 Å². The molecule has 1 amide bonds. The normalized spacial score (nSPS) is 11.6. The molecule has 0 aliphatic heterocycles. The Morgan fingerprint density at radius 3 is 2.55 bits per heavy atom. The number of hydrogen-bond acceptors (Lipinski definition) is 3. The molecular formula is C16H16Cl2N2O2. The summed E-state index contributed by atoms with van der Waals surface area (Å²) in [5, 5.41) is 6.78. The molecule has 0 saturated heterocycles. The van der Waals surface area contributed by atoms with Gasteiger partial charge >= 0.3 is 0 Å².